The molecule has 2 rings (SSSR count). The number of nitrogens with zero attached hydrogens (tertiary/aromatic N) is 2. The molecular formula is C13H10FN3O2. The maximum absolute atomic E-state index is 13.4. The van der Waals surface area contributed by atoms with Crippen LogP contribution < -0.4 is 5.43 Å². The second-order valence-electron chi connectivity index (χ2n) is 3.70. The molecule has 0 heterocycles. The zero-order chi connectivity index (χ0) is 13.7. The van der Waals surface area contributed by atoms with Gasteiger partial charge in [0.2, 0.25) is 0 Å². The molecule has 19 heavy (non-hydrogen) atoms. The fourth-order valence-electron chi connectivity index (χ4n) is 1.43. The predicted octanol–water partition coefficient (Wildman–Crippen LogP) is 3.18. The van der Waals surface area contributed by atoms with E-state index in [9.17, 15) is 14.5 Å². The summed E-state index contributed by atoms with van der Waals surface area (Å²) in [4.78, 5) is 10.0. The van der Waals surface area contributed by atoms with Gasteiger partial charge in [0.1, 0.15) is 5.82 Å². The SMILES string of the molecule is O=[N+]([O-])c1ccc(F)c(C=NNc2ccccc2)c1. The van der Waals surface area contributed by atoms with Crippen molar-refractivity contribution >= 4 is 17.6 Å². The largest absolute Gasteiger partial charge is 0.279 e. The number of hydrogen-bond acceptors (Lipinski definition) is 4. The van der Waals surface area contributed by atoms with E-state index < -0.39 is 10.7 Å². The molecule has 5 nitrogen and oxygen atoms in total. The Kier molecular flexibility index (Phi) is 3.82. The van der Waals surface area contributed by atoms with Crippen molar-refractivity contribution in [3.8, 4) is 0 Å². The minimum absolute atomic E-state index is 0.0534. The molecule has 0 aromatic heterocycles. The molecule has 0 saturated heterocycles. The molecule has 0 unspecified atom stereocenters. The van der Waals surface area contributed by atoms with Gasteiger partial charge in [-0.05, 0) is 18.2 Å². The van der Waals surface area contributed by atoms with Crippen LogP contribution in [0.3, 0.4) is 0 Å². The van der Waals surface area contributed by atoms with Crippen LogP contribution in [0.1, 0.15) is 5.56 Å². The molecule has 2 aromatic carbocycles. The fourth-order valence-corrected chi connectivity index (χ4v) is 1.43. The summed E-state index contributed by atoms with van der Waals surface area (Å²) in [5.41, 5.74) is 3.32. The van der Waals surface area contributed by atoms with E-state index in [-0.39, 0.29) is 11.3 Å². The number of non-ortho nitro benzene ring substituents is 1. The van der Waals surface area contributed by atoms with E-state index in [4.69, 9.17) is 0 Å². The fraction of sp³-hybridized carbons (Fsp3) is 0. The number of nitrogens with one attached hydrogen (secondary N) is 1. The summed E-state index contributed by atoms with van der Waals surface area (Å²) in [5.74, 6) is -0.566. The number of halogens is 1. The number of anilines is 1. The highest BCUT2D eigenvalue weighted by Crippen LogP contribution is 2.15. The summed E-state index contributed by atoms with van der Waals surface area (Å²) < 4.78 is 13.4. The molecule has 2 aromatic rings. The average Bonchev–Trinajstić information content (AvgIpc) is 2.42. The van der Waals surface area contributed by atoms with E-state index in [0.717, 1.165) is 23.9 Å². The van der Waals surface area contributed by atoms with Crippen molar-refractivity contribution in [3.05, 3.63) is 70.0 Å². The van der Waals surface area contributed by atoms with Crippen molar-refractivity contribution in [2.75, 3.05) is 5.43 Å². The van der Waals surface area contributed by atoms with Crippen molar-refractivity contribution in [2.24, 2.45) is 5.10 Å². The highest BCUT2D eigenvalue weighted by Gasteiger charge is 2.08. The number of hydrazone groups is 1. The van der Waals surface area contributed by atoms with E-state index in [1.807, 2.05) is 18.2 Å². The lowest BCUT2D eigenvalue weighted by atomic mass is 10.2. The molecule has 0 spiro atoms. The summed E-state index contributed by atoms with van der Waals surface area (Å²) in [5, 5.41) is 14.4. The maximum Gasteiger partial charge on any atom is 0.270 e. The van der Waals surface area contributed by atoms with Gasteiger partial charge in [0.15, 0.2) is 0 Å². The molecule has 0 amide bonds. The second kappa shape index (κ2) is 5.72. The summed E-state index contributed by atoms with van der Waals surface area (Å²) in [6.07, 6.45) is 1.20. The van der Waals surface area contributed by atoms with Gasteiger partial charge in [-0.3, -0.25) is 15.5 Å². The van der Waals surface area contributed by atoms with Crippen molar-refractivity contribution in [1.82, 2.24) is 0 Å². The number of hydrogen-bond donors (Lipinski definition) is 1. The highest BCUT2D eigenvalue weighted by atomic mass is 19.1. The molecule has 0 atom stereocenters. The van der Waals surface area contributed by atoms with Gasteiger partial charge in [-0.25, -0.2) is 4.39 Å². The third kappa shape index (κ3) is 3.35. The number of nitro groups is 1. The van der Waals surface area contributed by atoms with Crippen LogP contribution in [0.4, 0.5) is 15.8 Å². The Morgan fingerprint density at radius 1 is 1.21 bits per heavy atom. The standard InChI is InChI=1S/C13H10FN3O2/c14-13-7-6-12(17(18)19)8-10(13)9-15-16-11-4-2-1-3-5-11/h1-9,16H. The first-order valence-electron chi connectivity index (χ1n) is 5.45. The first kappa shape index (κ1) is 12.7. The van der Waals surface area contributed by atoms with Gasteiger partial charge < -0.3 is 0 Å². The van der Waals surface area contributed by atoms with Crippen molar-refractivity contribution in [1.29, 1.82) is 0 Å². The molecule has 0 saturated carbocycles. The van der Waals surface area contributed by atoms with Crippen molar-refractivity contribution < 1.29 is 9.31 Å². The number of rotatable bonds is 4. The summed E-state index contributed by atoms with van der Waals surface area (Å²) in [6.45, 7) is 0. The van der Waals surface area contributed by atoms with E-state index in [0.29, 0.717) is 0 Å². The van der Waals surface area contributed by atoms with Crippen LogP contribution in [0, 0.1) is 15.9 Å². The van der Waals surface area contributed by atoms with E-state index in [1.54, 1.807) is 12.1 Å². The molecule has 1 N–H and O–H groups in total. The monoisotopic (exact) mass is 259 g/mol. The summed E-state index contributed by atoms with van der Waals surface area (Å²) in [7, 11) is 0. The van der Waals surface area contributed by atoms with Crippen LogP contribution >= 0.6 is 0 Å². The van der Waals surface area contributed by atoms with Gasteiger partial charge >= 0.3 is 0 Å². The van der Waals surface area contributed by atoms with Gasteiger partial charge in [-0.15, -0.1) is 0 Å². The minimum atomic E-state index is -0.582. The van der Waals surface area contributed by atoms with Gasteiger partial charge in [0, 0.05) is 17.7 Å². The van der Waals surface area contributed by atoms with Gasteiger partial charge in [-0.2, -0.15) is 5.10 Å². The average molecular weight is 259 g/mol. The van der Waals surface area contributed by atoms with Crippen LogP contribution in [0.25, 0.3) is 0 Å². The minimum Gasteiger partial charge on any atom is -0.279 e. The maximum atomic E-state index is 13.4. The van der Waals surface area contributed by atoms with E-state index in [1.165, 1.54) is 6.21 Å². The quantitative estimate of drug-likeness (QED) is 0.521. The first-order valence-corrected chi connectivity index (χ1v) is 5.45. The summed E-state index contributed by atoms with van der Waals surface area (Å²) in [6, 6.07) is 12.4. The van der Waals surface area contributed by atoms with Gasteiger partial charge in [0.25, 0.3) is 5.69 Å². The molecule has 6 heteroatoms. The van der Waals surface area contributed by atoms with Crippen LogP contribution in [0.2, 0.25) is 0 Å². The Balaban J connectivity index is 2.14. The molecule has 96 valence electrons. The Labute approximate surface area is 108 Å². The van der Waals surface area contributed by atoms with Crippen LogP contribution in [0.15, 0.2) is 53.6 Å². The lowest BCUT2D eigenvalue weighted by Gasteiger charge is -1.99. The molecule has 0 radical (unpaired) electrons. The number of para-hydroxylation sites is 1. The molecule has 0 aliphatic carbocycles. The summed E-state index contributed by atoms with van der Waals surface area (Å²) >= 11 is 0. The Morgan fingerprint density at radius 3 is 2.63 bits per heavy atom. The lowest BCUT2D eigenvalue weighted by Crippen LogP contribution is -1.95. The Hall–Kier alpha value is -2.76. The zero-order valence-electron chi connectivity index (χ0n) is 9.79. The topological polar surface area (TPSA) is 67.5 Å². The van der Waals surface area contributed by atoms with Crippen LogP contribution in [-0.4, -0.2) is 11.1 Å². The molecular weight excluding hydrogens is 249 g/mol. The first-order chi connectivity index (χ1) is 9.16. The van der Waals surface area contributed by atoms with Crippen LogP contribution in [-0.2, 0) is 0 Å². The smallest absolute Gasteiger partial charge is 0.270 e. The normalized spacial score (nSPS) is 10.6. The predicted molar refractivity (Wildman–Crippen MR) is 70.7 cm³/mol. The second-order valence-corrected chi connectivity index (χ2v) is 3.70. The van der Waals surface area contributed by atoms with Crippen LogP contribution in [0.5, 0.6) is 0 Å². The third-order valence-electron chi connectivity index (χ3n) is 2.36. The van der Waals surface area contributed by atoms with E-state index >= 15 is 0 Å². The van der Waals surface area contributed by atoms with Crippen molar-refractivity contribution in [3.63, 3.8) is 0 Å². The number of benzene rings is 2. The van der Waals surface area contributed by atoms with E-state index in [2.05, 4.69) is 10.5 Å². The third-order valence-corrected chi connectivity index (χ3v) is 2.36. The molecule has 0 fully saturated rings. The highest BCUT2D eigenvalue weighted by molar-refractivity contribution is 5.81. The van der Waals surface area contributed by atoms with Gasteiger partial charge in [0.05, 0.1) is 16.8 Å². The molecule has 0 aliphatic rings. The van der Waals surface area contributed by atoms with Gasteiger partial charge in [-0.1, -0.05) is 18.2 Å². The Bertz CT molecular complexity index is 615. The Morgan fingerprint density at radius 2 is 1.95 bits per heavy atom. The zero-order valence-corrected chi connectivity index (χ0v) is 9.79. The van der Waals surface area contributed by atoms with Crippen molar-refractivity contribution in [2.45, 2.75) is 0 Å². The molecule has 0 bridgehead atoms. The lowest BCUT2D eigenvalue weighted by molar-refractivity contribution is -0.384. The number of nitro benzene ring substituents is 1. The molecule has 0 aliphatic heterocycles.